The van der Waals surface area contributed by atoms with Crippen molar-refractivity contribution in [1.82, 2.24) is 5.48 Å². The molecule has 0 aromatic heterocycles. The Kier molecular flexibility index (Phi) is 6.66. The van der Waals surface area contributed by atoms with Gasteiger partial charge in [0.05, 0.1) is 0 Å². The van der Waals surface area contributed by atoms with Crippen LogP contribution in [0.25, 0.3) is 0 Å². The van der Waals surface area contributed by atoms with Gasteiger partial charge in [0.1, 0.15) is 4.58 Å². The Morgan fingerprint density at radius 3 is 1.71 bits per heavy atom. The molecule has 5 heteroatoms. The molecule has 0 fully saturated rings. The number of hydrogen-bond acceptors (Lipinski definition) is 4. The predicted octanol–water partition coefficient (Wildman–Crippen LogP) is 3.68. The van der Waals surface area contributed by atoms with Crippen molar-refractivity contribution in [2.45, 2.75) is 16.1 Å². The Bertz CT molecular complexity index is 505. The normalized spacial score (nSPS) is 10.6. The summed E-state index contributed by atoms with van der Waals surface area (Å²) in [6.07, 6.45) is 0. The molecule has 2 aromatic carbocycles. The topological polar surface area (TPSA) is 49.3 Å². The summed E-state index contributed by atoms with van der Waals surface area (Å²) in [5.74, 6) is 1.11. The molecule has 110 valence electrons. The number of hydrogen-bond donors (Lipinski definition) is 2. The lowest BCUT2D eigenvalue weighted by molar-refractivity contribution is -0.127. The number of benzene rings is 2. The molecule has 0 heterocycles. The van der Waals surface area contributed by atoms with Gasteiger partial charge in [-0.05, 0) is 11.1 Å². The van der Waals surface area contributed by atoms with Gasteiger partial charge in [-0.2, -0.15) is 0 Å². The second-order valence-corrected chi connectivity index (χ2v) is 6.89. The van der Waals surface area contributed by atoms with Crippen LogP contribution in [0.5, 0.6) is 0 Å². The van der Waals surface area contributed by atoms with Gasteiger partial charge < -0.3 is 0 Å². The molecular formula is C16H17NO2S2. The lowest BCUT2D eigenvalue weighted by Gasteiger charge is -2.14. The van der Waals surface area contributed by atoms with E-state index in [4.69, 9.17) is 5.21 Å². The summed E-state index contributed by atoms with van der Waals surface area (Å²) in [5.41, 5.74) is 4.09. The minimum absolute atomic E-state index is 0.338. The van der Waals surface area contributed by atoms with Crippen molar-refractivity contribution in [3.05, 3.63) is 71.8 Å². The highest BCUT2D eigenvalue weighted by Crippen LogP contribution is 2.29. The van der Waals surface area contributed by atoms with Crippen molar-refractivity contribution in [1.29, 1.82) is 0 Å². The molecule has 0 aliphatic heterocycles. The van der Waals surface area contributed by atoms with E-state index in [2.05, 4.69) is 0 Å². The van der Waals surface area contributed by atoms with Crippen LogP contribution in [0.4, 0.5) is 0 Å². The van der Waals surface area contributed by atoms with Crippen LogP contribution in [0.2, 0.25) is 0 Å². The predicted molar refractivity (Wildman–Crippen MR) is 89.2 cm³/mol. The summed E-state index contributed by atoms with van der Waals surface area (Å²) in [6.45, 7) is 0. The minimum atomic E-state index is -0.364. The molecule has 0 atom stereocenters. The highest BCUT2D eigenvalue weighted by molar-refractivity contribution is 8.17. The molecule has 0 aliphatic rings. The second kappa shape index (κ2) is 8.77. The molecular weight excluding hydrogens is 302 g/mol. The average molecular weight is 319 g/mol. The highest BCUT2D eigenvalue weighted by atomic mass is 32.2. The van der Waals surface area contributed by atoms with E-state index in [0.29, 0.717) is 0 Å². The van der Waals surface area contributed by atoms with E-state index >= 15 is 0 Å². The van der Waals surface area contributed by atoms with E-state index in [1.807, 2.05) is 60.7 Å². The first-order chi connectivity index (χ1) is 10.3. The molecule has 0 aliphatic carbocycles. The number of amides is 1. The third kappa shape index (κ3) is 5.46. The molecule has 21 heavy (non-hydrogen) atoms. The summed E-state index contributed by atoms with van der Waals surface area (Å²) in [4.78, 5) is 11.8. The number of rotatable bonds is 7. The SMILES string of the molecule is O=C(NO)C(SCc1ccccc1)SCc1ccccc1. The van der Waals surface area contributed by atoms with Gasteiger partial charge in [-0.15, -0.1) is 23.5 Å². The smallest absolute Gasteiger partial charge is 0.266 e. The van der Waals surface area contributed by atoms with Gasteiger partial charge in [0, 0.05) is 11.5 Å². The van der Waals surface area contributed by atoms with Gasteiger partial charge in [-0.25, -0.2) is 5.48 Å². The average Bonchev–Trinajstić information content (AvgIpc) is 2.56. The van der Waals surface area contributed by atoms with Gasteiger partial charge in [-0.1, -0.05) is 60.7 Å². The molecule has 0 spiro atoms. The van der Waals surface area contributed by atoms with E-state index in [9.17, 15) is 4.79 Å². The zero-order valence-corrected chi connectivity index (χ0v) is 13.1. The van der Waals surface area contributed by atoms with Gasteiger partial charge in [-0.3, -0.25) is 10.0 Å². The lowest BCUT2D eigenvalue weighted by atomic mass is 10.2. The van der Waals surface area contributed by atoms with Crippen molar-refractivity contribution in [2.75, 3.05) is 0 Å². The van der Waals surface area contributed by atoms with Gasteiger partial charge in [0.25, 0.3) is 5.91 Å². The number of carbonyl (C=O) groups excluding carboxylic acids is 1. The fraction of sp³-hybridized carbons (Fsp3) is 0.188. The van der Waals surface area contributed by atoms with Gasteiger partial charge >= 0.3 is 0 Å². The summed E-state index contributed by atoms with van der Waals surface area (Å²) in [5, 5.41) is 8.87. The first kappa shape index (κ1) is 15.9. The second-order valence-electron chi connectivity index (χ2n) is 4.40. The quantitative estimate of drug-likeness (QED) is 0.464. The molecule has 2 aromatic rings. The molecule has 0 unspecified atom stereocenters. The van der Waals surface area contributed by atoms with Crippen LogP contribution in [0.1, 0.15) is 11.1 Å². The van der Waals surface area contributed by atoms with Crippen molar-refractivity contribution in [2.24, 2.45) is 0 Å². The molecule has 0 saturated carbocycles. The Hall–Kier alpha value is -1.43. The first-order valence-corrected chi connectivity index (χ1v) is 8.64. The summed E-state index contributed by atoms with van der Waals surface area (Å²) < 4.78 is -0.338. The maximum atomic E-state index is 11.8. The van der Waals surface area contributed by atoms with Crippen LogP contribution >= 0.6 is 23.5 Å². The molecule has 3 nitrogen and oxygen atoms in total. The summed E-state index contributed by atoms with van der Waals surface area (Å²) in [7, 11) is 0. The van der Waals surface area contributed by atoms with Gasteiger partial charge in [0.2, 0.25) is 0 Å². The zero-order valence-electron chi connectivity index (χ0n) is 11.4. The van der Waals surface area contributed by atoms with Crippen LogP contribution in [-0.2, 0) is 16.3 Å². The molecule has 2 rings (SSSR count). The van der Waals surface area contributed by atoms with E-state index in [-0.39, 0.29) is 10.5 Å². The van der Waals surface area contributed by atoms with E-state index in [0.717, 1.165) is 11.5 Å². The largest absolute Gasteiger partial charge is 0.289 e. The van der Waals surface area contributed by atoms with Crippen molar-refractivity contribution in [3.63, 3.8) is 0 Å². The van der Waals surface area contributed by atoms with Crippen LogP contribution in [0, 0.1) is 0 Å². The van der Waals surface area contributed by atoms with E-state index < -0.39 is 0 Å². The minimum Gasteiger partial charge on any atom is -0.289 e. The number of nitrogens with one attached hydrogen (secondary N) is 1. The maximum Gasteiger partial charge on any atom is 0.266 e. The van der Waals surface area contributed by atoms with Crippen LogP contribution in [0.15, 0.2) is 60.7 Å². The van der Waals surface area contributed by atoms with Crippen LogP contribution in [-0.4, -0.2) is 15.7 Å². The molecule has 0 radical (unpaired) electrons. The van der Waals surface area contributed by atoms with E-state index in [1.165, 1.54) is 34.7 Å². The van der Waals surface area contributed by atoms with Crippen LogP contribution in [0.3, 0.4) is 0 Å². The van der Waals surface area contributed by atoms with Gasteiger partial charge in [0.15, 0.2) is 0 Å². The number of thioether (sulfide) groups is 2. The Morgan fingerprint density at radius 1 is 0.905 bits per heavy atom. The first-order valence-electron chi connectivity index (χ1n) is 6.54. The summed E-state index contributed by atoms with van der Waals surface area (Å²) in [6, 6.07) is 20.0. The molecule has 0 saturated heterocycles. The fourth-order valence-corrected chi connectivity index (χ4v) is 4.02. The third-order valence-corrected chi connectivity index (χ3v) is 5.66. The molecule has 0 bridgehead atoms. The monoisotopic (exact) mass is 319 g/mol. The molecule has 1 amide bonds. The van der Waals surface area contributed by atoms with Crippen molar-refractivity contribution < 1.29 is 10.0 Å². The number of hydroxylamine groups is 1. The maximum absolute atomic E-state index is 11.8. The fourth-order valence-electron chi connectivity index (χ4n) is 1.74. The van der Waals surface area contributed by atoms with E-state index in [1.54, 1.807) is 5.48 Å². The lowest BCUT2D eigenvalue weighted by Crippen LogP contribution is -2.28. The Labute approximate surface area is 133 Å². The Balaban J connectivity index is 1.90. The Morgan fingerprint density at radius 2 is 1.33 bits per heavy atom. The number of carbonyl (C=O) groups is 1. The van der Waals surface area contributed by atoms with Crippen molar-refractivity contribution in [3.8, 4) is 0 Å². The summed E-state index contributed by atoms with van der Waals surface area (Å²) >= 11 is 3.03. The standard InChI is InChI=1S/C16H17NO2S2/c18-15(17-19)16(20-11-13-7-3-1-4-8-13)21-12-14-9-5-2-6-10-14/h1-10,16,19H,11-12H2,(H,17,18). The third-order valence-electron chi connectivity index (χ3n) is 2.81. The highest BCUT2D eigenvalue weighted by Gasteiger charge is 2.19. The zero-order chi connectivity index (χ0) is 14.9. The molecule has 2 N–H and O–H groups in total. The van der Waals surface area contributed by atoms with Crippen LogP contribution < -0.4 is 5.48 Å². The van der Waals surface area contributed by atoms with Crippen molar-refractivity contribution >= 4 is 29.4 Å².